The second kappa shape index (κ2) is 11.3. The normalized spacial score (nSPS) is 12.4. The van der Waals surface area contributed by atoms with Crippen molar-refractivity contribution in [1.82, 2.24) is 10.6 Å². The molecule has 1 unspecified atom stereocenters. The monoisotopic (exact) mass is 466 g/mol. The highest BCUT2D eigenvalue weighted by Gasteiger charge is 2.20. The van der Waals surface area contributed by atoms with E-state index in [9.17, 15) is 15.0 Å². The molecule has 1 amide bonds. The fourth-order valence-electron chi connectivity index (χ4n) is 3.66. The molecule has 5 nitrogen and oxygen atoms in total. The van der Waals surface area contributed by atoms with Crippen LogP contribution in [-0.4, -0.2) is 28.2 Å². The maximum atomic E-state index is 12.4. The molecule has 0 radical (unpaired) electrons. The van der Waals surface area contributed by atoms with E-state index in [-0.39, 0.29) is 17.2 Å². The lowest BCUT2D eigenvalue weighted by Crippen LogP contribution is -2.43. The predicted molar refractivity (Wildman–Crippen MR) is 132 cm³/mol. The Morgan fingerprint density at radius 1 is 0.970 bits per heavy atom. The van der Waals surface area contributed by atoms with E-state index >= 15 is 0 Å². The first-order chi connectivity index (χ1) is 15.7. The van der Waals surface area contributed by atoms with Gasteiger partial charge in [0, 0.05) is 23.7 Å². The fraction of sp³-hybridized carbons (Fsp3) is 0.296. The number of hydrogen-bond donors (Lipinski definition) is 4. The molecule has 0 bridgehead atoms. The summed E-state index contributed by atoms with van der Waals surface area (Å²) in [5.41, 5.74) is 3.58. The average molecular weight is 467 g/mol. The van der Waals surface area contributed by atoms with Crippen LogP contribution in [-0.2, 0) is 24.2 Å². The van der Waals surface area contributed by atoms with Gasteiger partial charge >= 0.3 is 0 Å². The first-order valence-electron chi connectivity index (χ1n) is 11.0. The van der Waals surface area contributed by atoms with Crippen molar-refractivity contribution in [3.63, 3.8) is 0 Å². The van der Waals surface area contributed by atoms with E-state index in [1.807, 2.05) is 36.4 Å². The highest BCUT2D eigenvalue weighted by atomic mass is 35.5. The van der Waals surface area contributed by atoms with Gasteiger partial charge in [0.2, 0.25) is 5.91 Å². The van der Waals surface area contributed by atoms with Crippen LogP contribution in [0.4, 0.5) is 0 Å². The van der Waals surface area contributed by atoms with Crippen molar-refractivity contribution >= 4 is 17.5 Å². The Bertz CT molecular complexity index is 1050. The smallest absolute Gasteiger partial charge is 0.224 e. The van der Waals surface area contributed by atoms with Crippen molar-refractivity contribution in [3.05, 3.63) is 100 Å². The maximum absolute atomic E-state index is 12.4. The van der Waals surface area contributed by atoms with Crippen LogP contribution in [0, 0.1) is 0 Å². The number of aliphatic hydroxyl groups is 1. The summed E-state index contributed by atoms with van der Waals surface area (Å²) in [6.07, 6.45) is 0.394. The second-order valence-electron chi connectivity index (χ2n) is 8.95. The maximum Gasteiger partial charge on any atom is 0.224 e. The topological polar surface area (TPSA) is 81.6 Å². The number of aromatic hydroxyl groups is 1. The molecule has 0 aliphatic rings. The molecule has 174 valence electrons. The number of β-amino-alcohol motifs (C(OH)–C–C–N with tert-alkyl or cyclic N) is 1. The number of halogens is 1. The van der Waals surface area contributed by atoms with E-state index in [1.165, 1.54) is 0 Å². The summed E-state index contributed by atoms with van der Waals surface area (Å²) in [4.78, 5) is 12.4. The van der Waals surface area contributed by atoms with Gasteiger partial charge in [-0.3, -0.25) is 4.79 Å². The molecule has 3 aromatic rings. The van der Waals surface area contributed by atoms with E-state index in [0.717, 1.165) is 28.7 Å². The molecule has 1 atom stereocenters. The zero-order valence-electron chi connectivity index (χ0n) is 19.0. The minimum Gasteiger partial charge on any atom is -0.508 e. The number of hydrogen-bond acceptors (Lipinski definition) is 4. The van der Waals surface area contributed by atoms with Crippen molar-refractivity contribution in [2.24, 2.45) is 0 Å². The van der Waals surface area contributed by atoms with Crippen LogP contribution < -0.4 is 10.6 Å². The standard InChI is InChI=1S/C27H31ClN2O3/c1-27(2,30-18-25(32)22-8-12-24(31)13-9-22)16-21-5-3-4-20(14-21)15-26(33)29-17-19-6-10-23(28)11-7-19/h3-14,25,30-32H,15-18H2,1-2H3,(H,29,33). The molecule has 0 aromatic heterocycles. The Hall–Kier alpha value is -2.86. The summed E-state index contributed by atoms with van der Waals surface area (Å²) in [6, 6.07) is 22.0. The number of carbonyl (C=O) groups is 1. The SMILES string of the molecule is CC(C)(Cc1cccc(CC(=O)NCc2ccc(Cl)cc2)c1)NCC(O)c1ccc(O)cc1. The Morgan fingerprint density at radius 3 is 2.33 bits per heavy atom. The van der Waals surface area contributed by atoms with Gasteiger partial charge in [-0.2, -0.15) is 0 Å². The number of nitrogens with one attached hydrogen (secondary N) is 2. The minimum atomic E-state index is -0.666. The van der Waals surface area contributed by atoms with E-state index < -0.39 is 6.10 Å². The van der Waals surface area contributed by atoms with Crippen molar-refractivity contribution in [2.45, 2.75) is 44.9 Å². The van der Waals surface area contributed by atoms with E-state index in [2.05, 4.69) is 36.6 Å². The molecule has 0 aliphatic carbocycles. The molecule has 0 fully saturated rings. The van der Waals surface area contributed by atoms with Gasteiger partial charge in [0.25, 0.3) is 0 Å². The fourth-order valence-corrected chi connectivity index (χ4v) is 3.79. The molecule has 0 saturated carbocycles. The molecule has 33 heavy (non-hydrogen) atoms. The Labute approximate surface area is 200 Å². The largest absolute Gasteiger partial charge is 0.508 e. The number of phenolic OH excluding ortho intramolecular Hbond substituents is 1. The Balaban J connectivity index is 1.50. The van der Waals surface area contributed by atoms with Gasteiger partial charge in [-0.05, 0) is 66.8 Å². The molecular formula is C27H31ClN2O3. The van der Waals surface area contributed by atoms with E-state index in [4.69, 9.17) is 11.6 Å². The summed E-state index contributed by atoms with van der Waals surface area (Å²) in [5, 5.41) is 26.9. The second-order valence-corrected chi connectivity index (χ2v) is 9.39. The Morgan fingerprint density at radius 2 is 1.64 bits per heavy atom. The summed E-state index contributed by atoms with van der Waals surface area (Å²) >= 11 is 5.90. The number of benzene rings is 3. The number of amides is 1. The van der Waals surface area contributed by atoms with Crippen LogP contribution in [0.25, 0.3) is 0 Å². The third-order valence-electron chi connectivity index (χ3n) is 5.46. The summed E-state index contributed by atoms with van der Waals surface area (Å²) in [5.74, 6) is 0.147. The zero-order chi connectivity index (χ0) is 23.8. The molecule has 6 heteroatoms. The van der Waals surface area contributed by atoms with Crippen LogP contribution in [0.3, 0.4) is 0 Å². The number of carbonyl (C=O) groups excluding carboxylic acids is 1. The predicted octanol–water partition coefficient (Wildman–Crippen LogP) is 4.55. The van der Waals surface area contributed by atoms with Crippen LogP contribution in [0.15, 0.2) is 72.8 Å². The lowest BCUT2D eigenvalue weighted by Gasteiger charge is -2.28. The lowest BCUT2D eigenvalue weighted by molar-refractivity contribution is -0.120. The highest BCUT2D eigenvalue weighted by Crippen LogP contribution is 2.19. The number of aliphatic hydroxyl groups excluding tert-OH is 1. The molecule has 3 rings (SSSR count). The van der Waals surface area contributed by atoms with Crippen LogP contribution >= 0.6 is 11.6 Å². The van der Waals surface area contributed by atoms with Gasteiger partial charge in [-0.15, -0.1) is 0 Å². The van der Waals surface area contributed by atoms with E-state index in [0.29, 0.717) is 24.5 Å². The molecule has 0 heterocycles. The third-order valence-corrected chi connectivity index (χ3v) is 5.71. The molecule has 0 saturated heterocycles. The molecule has 3 aromatic carbocycles. The Kier molecular flexibility index (Phi) is 8.50. The van der Waals surface area contributed by atoms with Gasteiger partial charge < -0.3 is 20.8 Å². The van der Waals surface area contributed by atoms with E-state index in [1.54, 1.807) is 24.3 Å². The van der Waals surface area contributed by atoms with Gasteiger partial charge in [-0.1, -0.05) is 60.1 Å². The van der Waals surface area contributed by atoms with Crippen LogP contribution in [0.1, 0.15) is 42.2 Å². The molecule has 4 N–H and O–H groups in total. The first kappa shape index (κ1) is 24.8. The van der Waals surface area contributed by atoms with Crippen molar-refractivity contribution < 1.29 is 15.0 Å². The van der Waals surface area contributed by atoms with Gasteiger partial charge in [0.15, 0.2) is 0 Å². The van der Waals surface area contributed by atoms with Crippen molar-refractivity contribution in [1.29, 1.82) is 0 Å². The summed E-state index contributed by atoms with van der Waals surface area (Å²) in [7, 11) is 0. The molecule has 0 aliphatic heterocycles. The van der Waals surface area contributed by atoms with Crippen molar-refractivity contribution in [3.8, 4) is 5.75 Å². The van der Waals surface area contributed by atoms with Gasteiger partial charge in [-0.25, -0.2) is 0 Å². The lowest BCUT2D eigenvalue weighted by atomic mass is 9.93. The average Bonchev–Trinajstić information content (AvgIpc) is 2.77. The van der Waals surface area contributed by atoms with Crippen LogP contribution in [0.2, 0.25) is 5.02 Å². The van der Waals surface area contributed by atoms with Gasteiger partial charge in [0.05, 0.1) is 12.5 Å². The zero-order valence-corrected chi connectivity index (χ0v) is 19.8. The van der Waals surface area contributed by atoms with Crippen molar-refractivity contribution in [2.75, 3.05) is 6.54 Å². The third kappa shape index (κ3) is 8.21. The van der Waals surface area contributed by atoms with Gasteiger partial charge in [0.1, 0.15) is 5.75 Å². The summed E-state index contributed by atoms with van der Waals surface area (Å²) < 4.78 is 0. The minimum absolute atomic E-state index is 0.0310. The number of rotatable bonds is 10. The number of phenols is 1. The summed E-state index contributed by atoms with van der Waals surface area (Å²) in [6.45, 7) is 5.03. The quantitative estimate of drug-likeness (QED) is 0.353. The highest BCUT2D eigenvalue weighted by molar-refractivity contribution is 6.30. The molecule has 0 spiro atoms. The first-order valence-corrected chi connectivity index (χ1v) is 11.4. The van der Waals surface area contributed by atoms with Crippen LogP contribution in [0.5, 0.6) is 5.75 Å². The molecular weight excluding hydrogens is 436 g/mol.